The van der Waals surface area contributed by atoms with E-state index in [9.17, 15) is 4.79 Å². The summed E-state index contributed by atoms with van der Waals surface area (Å²) in [5, 5.41) is 4.56. The van der Waals surface area contributed by atoms with Gasteiger partial charge >= 0.3 is 0 Å². The molecule has 0 spiro atoms. The minimum atomic E-state index is 0.270. The summed E-state index contributed by atoms with van der Waals surface area (Å²) in [6.45, 7) is 6.17. The van der Waals surface area contributed by atoms with E-state index in [1.807, 2.05) is 23.2 Å². The third-order valence-corrected chi connectivity index (χ3v) is 7.59. The number of aromatic nitrogens is 3. The summed E-state index contributed by atoms with van der Waals surface area (Å²) >= 11 is 0. The molecule has 0 radical (unpaired) electrons. The van der Waals surface area contributed by atoms with Crippen LogP contribution in [0.5, 0.6) is 5.88 Å². The second kappa shape index (κ2) is 10.3. The monoisotopic (exact) mass is 508 g/mol. The number of anilines is 2. The Kier molecular flexibility index (Phi) is 6.54. The first kappa shape index (κ1) is 24.2. The predicted molar refractivity (Wildman–Crippen MR) is 150 cm³/mol. The van der Waals surface area contributed by atoms with Gasteiger partial charge < -0.3 is 19.9 Å². The number of likely N-dealkylation sites (tertiary alicyclic amines) is 1. The van der Waals surface area contributed by atoms with E-state index in [1.165, 1.54) is 11.1 Å². The van der Waals surface area contributed by atoms with Crippen LogP contribution in [0, 0.1) is 6.92 Å². The van der Waals surface area contributed by atoms with E-state index in [2.05, 4.69) is 57.4 Å². The van der Waals surface area contributed by atoms with E-state index in [0.29, 0.717) is 12.3 Å². The van der Waals surface area contributed by atoms with Crippen molar-refractivity contribution < 1.29 is 9.53 Å². The highest BCUT2D eigenvalue weighted by molar-refractivity contribution is 5.95. The number of fused-ring (bicyclic) bond motifs is 2. The molecule has 1 fully saturated rings. The molecular formula is C30H32N6O2. The zero-order valence-electron chi connectivity index (χ0n) is 21.9. The first-order valence-electron chi connectivity index (χ1n) is 13.2. The molecule has 2 aliphatic heterocycles. The van der Waals surface area contributed by atoms with Gasteiger partial charge in [0, 0.05) is 68.0 Å². The van der Waals surface area contributed by atoms with Gasteiger partial charge in [0.1, 0.15) is 12.1 Å². The maximum absolute atomic E-state index is 11.9. The first-order valence-corrected chi connectivity index (χ1v) is 13.2. The number of benzene rings is 2. The number of hydrogen-bond acceptors (Lipinski definition) is 7. The van der Waals surface area contributed by atoms with Crippen LogP contribution in [0.2, 0.25) is 0 Å². The van der Waals surface area contributed by atoms with Crippen molar-refractivity contribution in [1.29, 1.82) is 0 Å². The second-order valence-electron chi connectivity index (χ2n) is 10.0. The van der Waals surface area contributed by atoms with Crippen molar-refractivity contribution >= 4 is 28.3 Å². The number of carbonyl (C=O) groups excluding carboxylic acids is 1. The molecule has 0 aliphatic carbocycles. The van der Waals surface area contributed by atoms with Crippen molar-refractivity contribution in [3.05, 3.63) is 71.7 Å². The summed E-state index contributed by atoms with van der Waals surface area (Å²) in [4.78, 5) is 30.0. The Balaban J connectivity index is 1.25. The van der Waals surface area contributed by atoms with Crippen LogP contribution < -0.4 is 15.0 Å². The lowest BCUT2D eigenvalue weighted by molar-refractivity contribution is -0.127. The van der Waals surface area contributed by atoms with Crippen molar-refractivity contribution in [2.45, 2.75) is 32.7 Å². The number of methoxy groups -OCH3 is 1. The summed E-state index contributed by atoms with van der Waals surface area (Å²) in [5.41, 5.74) is 7.96. The quantitative estimate of drug-likeness (QED) is 0.390. The van der Waals surface area contributed by atoms with Gasteiger partial charge in [-0.15, -0.1) is 0 Å². The maximum Gasteiger partial charge on any atom is 0.222 e. The van der Waals surface area contributed by atoms with Crippen molar-refractivity contribution in [2.24, 2.45) is 0 Å². The maximum atomic E-state index is 11.9. The number of pyridine rings is 1. The van der Waals surface area contributed by atoms with E-state index >= 15 is 0 Å². The number of rotatable bonds is 7. The van der Waals surface area contributed by atoms with Crippen LogP contribution in [0.1, 0.15) is 29.5 Å². The summed E-state index contributed by atoms with van der Waals surface area (Å²) in [7, 11) is 1.62. The molecule has 1 N–H and O–H groups in total. The lowest BCUT2D eigenvalue weighted by atomic mass is 9.97. The Labute approximate surface area is 222 Å². The molecule has 4 heterocycles. The Morgan fingerprint density at radius 2 is 1.89 bits per heavy atom. The van der Waals surface area contributed by atoms with Gasteiger partial charge in [-0.05, 0) is 72.4 Å². The molecule has 8 nitrogen and oxygen atoms in total. The van der Waals surface area contributed by atoms with E-state index in [1.54, 1.807) is 13.4 Å². The van der Waals surface area contributed by atoms with Gasteiger partial charge in [-0.2, -0.15) is 0 Å². The lowest BCUT2D eigenvalue weighted by Crippen LogP contribution is -2.31. The highest BCUT2D eigenvalue weighted by Crippen LogP contribution is 2.34. The van der Waals surface area contributed by atoms with Crippen LogP contribution in [0.25, 0.3) is 22.0 Å². The largest absolute Gasteiger partial charge is 0.481 e. The van der Waals surface area contributed by atoms with Crippen molar-refractivity contribution in [2.75, 3.05) is 43.5 Å². The SMILES string of the molecule is COc1ccc(-c2cc(C)c3ncnc(N4CCc5ccc(NCCN6CCCC6=O)cc5C4)c3c2)cn1. The molecule has 6 rings (SSSR count). The molecule has 38 heavy (non-hydrogen) atoms. The molecule has 194 valence electrons. The highest BCUT2D eigenvalue weighted by atomic mass is 16.5. The molecule has 4 aromatic rings. The number of aryl methyl sites for hydroxylation is 1. The average molecular weight is 509 g/mol. The van der Waals surface area contributed by atoms with E-state index < -0.39 is 0 Å². The number of amides is 1. The molecule has 1 amide bonds. The summed E-state index contributed by atoms with van der Waals surface area (Å²) in [6, 6.07) is 14.9. The molecule has 1 saturated heterocycles. The van der Waals surface area contributed by atoms with E-state index in [0.717, 1.165) is 84.7 Å². The third-order valence-electron chi connectivity index (χ3n) is 7.59. The van der Waals surface area contributed by atoms with Gasteiger partial charge in [-0.25, -0.2) is 15.0 Å². The summed E-state index contributed by atoms with van der Waals surface area (Å²) < 4.78 is 5.23. The third kappa shape index (κ3) is 4.74. The molecule has 2 aromatic carbocycles. The van der Waals surface area contributed by atoms with Gasteiger partial charge in [0.2, 0.25) is 11.8 Å². The Bertz CT molecular complexity index is 1490. The van der Waals surface area contributed by atoms with Gasteiger partial charge in [-0.1, -0.05) is 6.07 Å². The normalized spacial score (nSPS) is 15.2. The molecule has 0 unspecified atom stereocenters. The number of hydrogen-bond donors (Lipinski definition) is 1. The second-order valence-corrected chi connectivity index (χ2v) is 10.0. The topological polar surface area (TPSA) is 83.5 Å². The number of nitrogens with zero attached hydrogens (tertiary/aromatic N) is 5. The zero-order chi connectivity index (χ0) is 26.1. The van der Waals surface area contributed by atoms with Crippen molar-refractivity contribution in [3.63, 3.8) is 0 Å². The zero-order valence-corrected chi connectivity index (χ0v) is 21.9. The lowest BCUT2D eigenvalue weighted by Gasteiger charge is -2.31. The predicted octanol–water partition coefficient (Wildman–Crippen LogP) is 4.61. The Morgan fingerprint density at radius 3 is 2.68 bits per heavy atom. The first-order chi connectivity index (χ1) is 18.6. The van der Waals surface area contributed by atoms with Gasteiger partial charge in [0.25, 0.3) is 0 Å². The van der Waals surface area contributed by atoms with E-state index in [4.69, 9.17) is 9.72 Å². The van der Waals surface area contributed by atoms with Gasteiger partial charge in [0.15, 0.2) is 0 Å². The van der Waals surface area contributed by atoms with Crippen molar-refractivity contribution in [1.82, 2.24) is 19.9 Å². The minimum Gasteiger partial charge on any atom is -0.481 e. The number of ether oxygens (including phenoxy) is 1. The van der Waals surface area contributed by atoms with Crippen LogP contribution in [0.15, 0.2) is 55.0 Å². The minimum absolute atomic E-state index is 0.270. The van der Waals surface area contributed by atoms with Crippen LogP contribution in [-0.2, 0) is 17.8 Å². The fourth-order valence-corrected chi connectivity index (χ4v) is 5.55. The van der Waals surface area contributed by atoms with Crippen LogP contribution in [-0.4, -0.2) is 59.0 Å². The summed E-state index contributed by atoms with van der Waals surface area (Å²) in [5.74, 6) is 1.82. The number of nitrogens with one attached hydrogen (secondary N) is 1. The fraction of sp³-hybridized carbons (Fsp3) is 0.333. The van der Waals surface area contributed by atoms with Gasteiger partial charge in [-0.3, -0.25) is 4.79 Å². The average Bonchev–Trinajstić information content (AvgIpc) is 3.36. The molecule has 0 atom stereocenters. The smallest absolute Gasteiger partial charge is 0.222 e. The standard InChI is InChI=1S/C30H32N6O2/c1-20-14-23(22-6-8-27(38-2)32-17-22)16-26-29(20)33-19-34-30(26)36-12-9-21-5-7-25(15-24(21)18-36)31-10-13-35-11-3-4-28(35)37/h5-8,14-17,19,31H,3-4,9-13,18H2,1-2H3. The van der Waals surface area contributed by atoms with Crippen LogP contribution >= 0.6 is 0 Å². The molecule has 2 aliphatic rings. The molecule has 0 saturated carbocycles. The molecule has 2 aromatic heterocycles. The van der Waals surface area contributed by atoms with Crippen molar-refractivity contribution in [3.8, 4) is 17.0 Å². The summed E-state index contributed by atoms with van der Waals surface area (Å²) in [6.07, 6.45) is 6.14. The molecule has 0 bridgehead atoms. The molecular weight excluding hydrogens is 476 g/mol. The van der Waals surface area contributed by atoms with E-state index in [-0.39, 0.29) is 5.91 Å². The number of carbonyl (C=O) groups is 1. The Morgan fingerprint density at radius 1 is 0.974 bits per heavy atom. The molecule has 8 heteroatoms. The fourth-order valence-electron chi connectivity index (χ4n) is 5.55. The van der Waals surface area contributed by atoms with Crippen LogP contribution in [0.4, 0.5) is 11.5 Å². The van der Waals surface area contributed by atoms with Crippen LogP contribution in [0.3, 0.4) is 0 Å². The Hall–Kier alpha value is -4.20. The van der Waals surface area contributed by atoms with Gasteiger partial charge in [0.05, 0.1) is 12.6 Å². The highest BCUT2D eigenvalue weighted by Gasteiger charge is 2.22.